The van der Waals surface area contributed by atoms with E-state index in [-0.39, 0.29) is 30.3 Å². The highest BCUT2D eigenvalue weighted by Crippen LogP contribution is 2.36. The summed E-state index contributed by atoms with van der Waals surface area (Å²) in [7, 11) is -3.59. The number of rotatable bonds is 7. The molecule has 0 saturated heterocycles. The van der Waals surface area contributed by atoms with Gasteiger partial charge < -0.3 is 5.32 Å². The summed E-state index contributed by atoms with van der Waals surface area (Å²) < 4.78 is 26.6. The van der Waals surface area contributed by atoms with Crippen LogP contribution in [0.15, 0.2) is 18.2 Å². The van der Waals surface area contributed by atoms with Crippen molar-refractivity contribution in [3.63, 3.8) is 0 Å². The fourth-order valence-corrected chi connectivity index (χ4v) is 4.71. The maximum Gasteiger partial charge on any atom is 0.240 e. The first-order valence-corrected chi connectivity index (χ1v) is 11.9. The fraction of sp³-hybridized carbons (Fsp3) is 0.667. The number of benzene rings is 1. The van der Waals surface area contributed by atoms with E-state index < -0.39 is 10.0 Å². The number of hydrogen-bond acceptors (Lipinski definition) is 3. The molecule has 1 saturated carbocycles. The number of hydrogen-bond donors (Lipinski definition) is 1. The van der Waals surface area contributed by atoms with E-state index in [0.29, 0.717) is 5.69 Å². The van der Waals surface area contributed by atoms with Crippen LogP contribution in [-0.2, 0) is 14.8 Å². The van der Waals surface area contributed by atoms with Crippen LogP contribution in [0.1, 0.15) is 82.8 Å². The van der Waals surface area contributed by atoms with Gasteiger partial charge in [-0.2, -0.15) is 0 Å². The molecule has 5 nitrogen and oxygen atoms in total. The Morgan fingerprint density at radius 2 is 1.59 bits per heavy atom. The Morgan fingerprint density at radius 3 is 2.04 bits per heavy atom. The smallest absolute Gasteiger partial charge is 0.240 e. The summed E-state index contributed by atoms with van der Waals surface area (Å²) in [6, 6.07) is 6.06. The van der Waals surface area contributed by atoms with Crippen molar-refractivity contribution in [1.29, 1.82) is 0 Å². The largest absolute Gasteiger partial charge is 0.352 e. The monoisotopic (exact) mass is 394 g/mol. The van der Waals surface area contributed by atoms with Gasteiger partial charge in [0.15, 0.2) is 0 Å². The van der Waals surface area contributed by atoms with Crippen molar-refractivity contribution in [2.24, 2.45) is 0 Å². The third kappa shape index (κ3) is 5.71. The second kappa shape index (κ2) is 9.09. The Labute approximate surface area is 164 Å². The molecule has 27 heavy (non-hydrogen) atoms. The van der Waals surface area contributed by atoms with Crippen molar-refractivity contribution in [2.45, 2.75) is 77.7 Å². The number of anilines is 1. The van der Waals surface area contributed by atoms with Crippen molar-refractivity contribution >= 4 is 21.6 Å². The summed E-state index contributed by atoms with van der Waals surface area (Å²) in [5.74, 6) is 0.0919. The lowest BCUT2D eigenvalue weighted by atomic mass is 9.92. The number of sulfonamides is 1. The molecule has 1 fully saturated rings. The molecule has 0 spiro atoms. The summed E-state index contributed by atoms with van der Waals surface area (Å²) in [4.78, 5) is 12.7. The maximum atomic E-state index is 12.7. The molecule has 0 unspecified atom stereocenters. The number of amides is 1. The molecule has 0 aromatic heterocycles. The molecule has 0 atom stereocenters. The van der Waals surface area contributed by atoms with Crippen molar-refractivity contribution in [3.05, 3.63) is 29.3 Å². The standard InChI is InChI=1S/C21H34N2O3S/c1-15(2)18-12-9-13-19(16(3)4)21(18)23(27(5,25)26)14-20(24)22-17-10-7-6-8-11-17/h9,12-13,15-17H,6-8,10-11,14H2,1-5H3,(H,22,24). The highest BCUT2D eigenvalue weighted by atomic mass is 32.2. The molecule has 0 heterocycles. The molecule has 1 aliphatic carbocycles. The second-order valence-corrected chi connectivity index (χ2v) is 10.2. The van der Waals surface area contributed by atoms with Crippen molar-refractivity contribution in [3.8, 4) is 0 Å². The van der Waals surface area contributed by atoms with Gasteiger partial charge in [-0.1, -0.05) is 65.2 Å². The van der Waals surface area contributed by atoms with Gasteiger partial charge in [-0.25, -0.2) is 8.42 Å². The Kier molecular flexibility index (Phi) is 7.32. The molecule has 0 aliphatic heterocycles. The van der Waals surface area contributed by atoms with Gasteiger partial charge in [0, 0.05) is 6.04 Å². The Morgan fingerprint density at radius 1 is 1.07 bits per heavy atom. The van der Waals surface area contributed by atoms with E-state index in [0.717, 1.165) is 36.8 Å². The molecule has 0 bridgehead atoms. The lowest BCUT2D eigenvalue weighted by Gasteiger charge is -2.30. The van der Waals surface area contributed by atoms with E-state index in [2.05, 4.69) is 5.32 Å². The fourth-order valence-electron chi connectivity index (χ4n) is 3.81. The average Bonchev–Trinajstić information content (AvgIpc) is 2.58. The Balaban J connectivity index is 2.38. The molecule has 0 radical (unpaired) electrons. The zero-order valence-electron chi connectivity index (χ0n) is 17.3. The molecule has 1 N–H and O–H groups in total. The molecule has 1 aromatic rings. The molecule has 152 valence electrons. The van der Waals surface area contributed by atoms with E-state index in [1.54, 1.807) is 0 Å². The highest BCUT2D eigenvalue weighted by molar-refractivity contribution is 7.92. The molecule has 6 heteroatoms. The first-order chi connectivity index (χ1) is 12.6. The molecule has 1 amide bonds. The Bertz CT molecular complexity index is 724. The van der Waals surface area contributed by atoms with Gasteiger partial charge in [0.1, 0.15) is 6.54 Å². The zero-order chi connectivity index (χ0) is 20.2. The minimum atomic E-state index is -3.59. The van der Waals surface area contributed by atoms with E-state index in [9.17, 15) is 13.2 Å². The summed E-state index contributed by atoms with van der Waals surface area (Å²) in [5, 5.41) is 3.04. The molecule has 1 aliphatic rings. The normalized spacial score (nSPS) is 16.0. The third-order valence-corrected chi connectivity index (χ3v) is 6.36. The van der Waals surface area contributed by atoms with E-state index >= 15 is 0 Å². The second-order valence-electron chi connectivity index (χ2n) is 8.27. The van der Waals surface area contributed by atoms with Gasteiger partial charge in [-0.05, 0) is 35.8 Å². The third-order valence-electron chi connectivity index (χ3n) is 5.25. The van der Waals surface area contributed by atoms with Gasteiger partial charge in [0.2, 0.25) is 15.9 Å². The number of para-hydroxylation sites is 1. The summed E-state index contributed by atoms with van der Waals surface area (Å²) in [6.07, 6.45) is 6.58. The van der Waals surface area contributed by atoms with Crippen LogP contribution in [0.2, 0.25) is 0 Å². The summed E-state index contributed by atoms with van der Waals surface area (Å²) in [6.45, 7) is 8.02. The van der Waals surface area contributed by atoms with Crippen LogP contribution in [0.3, 0.4) is 0 Å². The van der Waals surface area contributed by atoms with E-state index in [1.807, 2.05) is 45.9 Å². The van der Waals surface area contributed by atoms with Gasteiger partial charge >= 0.3 is 0 Å². The van der Waals surface area contributed by atoms with Crippen LogP contribution < -0.4 is 9.62 Å². The predicted molar refractivity (Wildman–Crippen MR) is 112 cm³/mol. The van der Waals surface area contributed by atoms with Gasteiger partial charge in [0.25, 0.3) is 0 Å². The Hall–Kier alpha value is -1.56. The van der Waals surface area contributed by atoms with Crippen LogP contribution in [0, 0.1) is 0 Å². The van der Waals surface area contributed by atoms with Crippen LogP contribution in [0.4, 0.5) is 5.69 Å². The molecular formula is C21H34N2O3S. The first kappa shape index (κ1) is 21.7. The van der Waals surface area contributed by atoms with Crippen LogP contribution in [0.25, 0.3) is 0 Å². The number of carbonyl (C=O) groups is 1. The summed E-state index contributed by atoms with van der Waals surface area (Å²) in [5.41, 5.74) is 2.58. The van der Waals surface area contributed by atoms with Gasteiger partial charge in [-0.15, -0.1) is 0 Å². The lowest BCUT2D eigenvalue weighted by molar-refractivity contribution is -0.120. The van der Waals surface area contributed by atoms with Gasteiger partial charge in [0.05, 0.1) is 11.9 Å². The van der Waals surface area contributed by atoms with Crippen molar-refractivity contribution in [2.75, 3.05) is 17.1 Å². The van der Waals surface area contributed by atoms with Crippen molar-refractivity contribution in [1.82, 2.24) is 5.32 Å². The predicted octanol–water partition coefficient (Wildman–Crippen LogP) is 4.15. The zero-order valence-corrected chi connectivity index (χ0v) is 18.1. The number of carbonyl (C=O) groups excluding carboxylic acids is 1. The number of nitrogens with zero attached hydrogens (tertiary/aromatic N) is 1. The maximum absolute atomic E-state index is 12.7. The van der Waals surface area contributed by atoms with E-state index in [1.165, 1.54) is 17.0 Å². The number of nitrogens with one attached hydrogen (secondary N) is 1. The van der Waals surface area contributed by atoms with Crippen LogP contribution in [-0.4, -0.2) is 33.2 Å². The minimum Gasteiger partial charge on any atom is -0.352 e. The minimum absolute atomic E-state index is 0.157. The SMILES string of the molecule is CC(C)c1cccc(C(C)C)c1N(CC(=O)NC1CCCCC1)S(C)(=O)=O. The molecule has 1 aromatic carbocycles. The average molecular weight is 395 g/mol. The lowest BCUT2D eigenvalue weighted by Crippen LogP contribution is -2.45. The highest BCUT2D eigenvalue weighted by Gasteiger charge is 2.28. The summed E-state index contributed by atoms with van der Waals surface area (Å²) >= 11 is 0. The molecular weight excluding hydrogens is 360 g/mol. The van der Waals surface area contributed by atoms with Gasteiger partial charge in [-0.3, -0.25) is 9.10 Å². The van der Waals surface area contributed by atoms with Crippen LogP contribution in [0.5, 0.6) is 0 Å². The topological polar surface area (TPSA) is 66.5 Å². The van der Waals surface area contributed by atoms with Crippen molar-refractivity contribution < 1.29 is 13.2 Å². The first-order valence-electron chi connectivity index (χ1n) is 10.0. The molecule has 2 rings (SSSR count). The van der Waals surface area contributed by atoms with E-state index in [4.69, 9.17) is 0 Å². The van der Waals surface area contributed by atoms with Crippen LogP contribution >= 0.6 is 0 Å². The quantitative estimate of drug-likeness (QED) is 0.755.